The van der Waals surface area contributed by atoms with Gasteiger partial charge in [0.25, 0.3) is 11.6 Å². The summed E-state index contributed by atoms with van der Waals surface area (Å²) in [6, 6.07) is 11.8. The second-order valence-electron chi connectivity index (χ2n) is 6.57. The van der Waals surface area contributed by atoms with E-state index in [1.165, 1.54) is 49.4 Å². The van der Waals surface area contributed by atoms with Crippen LogP contribution in [-0.4, -0.2) is 30.2 Å². The Morgan fingerprint density at radius 1 is 1.16 bits per heavy atom. The molecule has 31 heavy (non-hydrogen) atoms. The third-order valence-electron chi connectivity index (χ3n) is 4.81. The quantitative estimate of drug-likeness (QED) is 0.347. The summed E-state index contributed by atoms with van der Waals surface area (Å²) in [7, 11) is 0.712. The second-order valence-corrected chi connectivity index (χ2v) is 6.57. The maximum Gasteiger partial charge on any atom is 0.432 e. The minimum Gasteiger partial charge on any atom is -0.447 e. The summed E-state index contributed by atoms with van der Waals surface area (Å²) in [4.78, 5) is 23.8. The zero-order valence-electron chi connectivity index (χ0n) is 16.6. The third-order valence-corrected chi connectivity index (χ3v) is 4.81. The van der Waals surface area contributed by atoms with Crippen LogP contribution in [0.1, 0.15) is 36.1 Å². The van der Waals surface area contributed by atoms with E-state index in [4.69, 9.17) is 10.00 Å². The number of alkyl halides is 3. The highest BCUT2D eigenvalue weighted by atomic mass is 19.4. The summed E-state index contributed by atoms with van der Waals surface area (Å²) in [5, 5.41) is 20.5. The first-order chi connectivity index (χ1) is 14.6. The average Bonchev–Trinajstić information content (AvgIpc) is 2.74. The molecular weight excluding hydrogens is 417 g/mol. The number of halogens is 3. The van der Waals surface area contributed by atoms with Crippen LogP contribution in [0, 0.1) is 21.4 Å². The number of methoxy groups -OCH3 is 1. The molecule has 3 atom stereocenters. The lowest BCUT2D eigenvalue weighted by molar-refractivity contribution is -0.536. The van der Waals surface area contributed by atoms with Crippen molar-refractivity contribution in [2.75, 3.05) is 7.11 Å². The Kier molecular flexibility index (Phi) is 7.36. The van der Waals surface area contributed by atoms with E-state index in [1.807, 2.05) is 6.07 Å². The Balaban J connectivity index is 2.58. The molecule has 0 amide bonds. The van der Waals surface area contributed by atoms with Crippen LogP contribution in [0.4, 0.5) is 13.2 Å². The monoisotopic (exact) mass is 436 g/mol. The highest BCUT2D eigenvalue weighted by Gasteiger charge is 2.64. The molecule has 0 bridgehead atoms. The van der Waals surface area contributed by atoms with Gasteiger partial charge in [0, 0.05) is 24.0 Å². The van der Waals surface area contributed by atoms with Crippen molar-refractivity contribution in [1.29, 1.82) is 5.26 Å². The number of nitro groups is 1. The minimum absolute atomic E-state index is 0.0798. The van der Waals surface area contributed by atoms with Crippen LogP contribution in [0.3, 0.4) is 0 Å². The maximum absolute atomic E-state index is 14.1. The predicted molar refractivity (Wildman–Crippen MR) is 102 cm³/mol. The van der Waals surface area contributed by atoms with Crippen LogP contribution < -0.4 is 0 Å². The molecule has 2 aromatic rings. The summed E-state index contributed by atoms with van der Waals surface area (Å²) in [5.74, 6) is -1.83. The van der Waals surface area contributed by atoms with Crippen molar-refractivity contribution in [3.05, 3.63) is 81.4 Å². The fourth-order valence-electron chi connectivity index (χ4n) is 3.18. The van der Waals surface area contributed by atoms with Gasteiger partial charge in [-0.25, -0.2) is 4.79 Å². The van der Waals surface area contributed by atoms with Gasteiger partial charge in [-0.1, -0.05) is 49.4 Å². The van der Waals surface area contributed by atoms with Crippen molar-refractivity contribution in [2.45, 2.75) is 37.3 Å². The highest BCUT2D eigenvalue weighted by Crippen LogP contribution is 2.44. The van der Waals surface area contributed by atoms with Gasteiger partial charge in [-0.15, -0.1) is 0 Å². The van der Waals surface area contributed by atoms with E-state index < -0.39 is 40.4 Å². The van der Waals surface area contributed by atoms with Crippen molar-refractivity contribution in [2.24, 2.45) is 0 Å². The zero-order valence-corrected chi connectivity index (χ0v) is 16.6. The summed E-state index contributed by atoms with van der Waals surface area (Å²) < 4.78 is 52.2. The molecule has 0 heterocycles. The van der Waals surface area contributed by atoms with E-state index in [9.17, 15) is 28.1 Å². The van der Waals surface area contributed by atoms with Gasteiger partial charge in [0.2, 0.25) is 0 Å². The smallest absolute Gasteiger partial charge is 0.432 e. The van der Waals surface area contributed by atoms with Gasteiger partial charge in [0.05, 0.1) is 11.6 Å². The van der Waals surface area contributed by atoms with Gasteiger partial charge >= 0.3 is 12.1 Å². The molecule has 0 unspecified atom stereocenters. The Labute approximate surface area is 176 Å². The number of esters is 1. The third kappa shape index (κ3) is 4.67. The molecule has 0 fully saturated rings. The van der Waals surface area contributed by atoms with E-state index in [0.29, 0.717) is 7.11 Å². The summed E-state index contributed by atoms with van der Waals surface area (Å²) in [5.41, 5.74) is -3.69. The molecule has 0 aliphatic heterocycles. The highest BCUT2D eigenvalue weighted by molar-refractivity contribution is 5.83. The Morgan fingerprint density at radius 2 is 1.74 bits per heavy atom. The summed E-state index contributed by atoms with van der Waals surface area (Å²) in [6.45, 7) is 1.45. The molecule has 2 aromatic carbocycles. The summed E-state index contributed by atoms with van der Waals surface area (Å²) in [6.07, 6.45) is -6.98. The van der Waals surface area contributed by atoms with Crippen molar-refractivity contribution in [1.82, 2.24) is 0 Å². The molecule has 0 aliphatic rings. The Bertz CT molecular complexity index is 958. The first-order valence-electron chi connectivity index (χ1n) is 9.14. The van der Waals surface area contributed by atoms with E-state index >= 15 is 0 Å². The van der Waals surface area contributed by atoms with E-state index in [-0.39, 0.29) is 17.5 Å². The molecule has 0 aromatic heterocycles. The van der Waals surface area contributed by atoms with Crippen molar-refractivity contribution >= 4 is 5.97 Å². The predicted octanol–water partition coefficient (Wildman–Crippen LogP) is 4.30. The van der Waals surface area contributed by atoms with E-state index in [2.05, 4.69) is 4.74 Å². The Hall–Kier alpha value is -3.45. The molecule has 0 spiro atoms. The van der Waals surface area contributed by atoms with E-state index in [1.54, 1.807) is 0 Å². The molecule has 0 saturated carbocycles. The van der Waals surface area contributed by atoms with Crippen LogP contribution in [0.5, 0.6) is 0 Å². The average molecular weight is 436 g/mol. The second kappa shape index (κ2) is 9.57. The molecule has 10 heteroatoms. The van der Waals surface area contributed by atoms with Gasteiger partial charge < -0.3 is 9.47 Å². The molecule has 0 saturated heterocycles. The van der Waals surface area contributed by atoms with Crippen molar-refractivity contribution in [3.8, 4) is 6.07 Å². The van der Waals surface area contributed by atoms with Crippen LogP contribution in [0.2, 0.25) is 0 Å². The maximum atomic E-state index is 14.1. The molecular formula is C21H19F3N2O5. The van der Waals surface area contributed by atoms with Crippen LogP contribution >= 0.6 is 0 Å². The largest absolute Gasteiger partial charge is 0.447 e. The lowest BCUT2D eigenvalue weighted by Crippen LogP contribution is -2.52. The topological polar surface area (TPSA) is 102 Å². The number of carbonyl (C=O) groups is 1. The summed E-state index contributed by atoms with van der Waals surface area (Å²) >= 11 is 0. The molecule has 0 radical (unpaired) electrons. The normalized spacial score (nSPS) is 15.2. The SMILES string of the molecule is CC[C@@H]([C@H](OC(=O)[C@@](OC)(c1ccccc1)C(F)(F)F)c1ccc(C#N)cc1)[N+](=O)[O-]. The lowest BCUT2D eigenvalue weighted by Gasteiger charge is -2.34. The van der Waals surface area contributed by atoms with Gasteiger partial charge in [-0.2, -0.15) is 18.4 Å². The van der Waals surface area contributed by atoms with Gasteiger partial charge in [-0.05, 0) is 17.7 Å². The fourth-order valence-corrected chi connectivity index (χ4v) is 3.18. The van der Waals surface area contributed by atoms with Crippen LogP contribution in [0.15, 0.2) is 54.6 Å². The number of benzene rings is 2. The van der Waals surface area contributed by atoms with Gasteiger partial charge in [-0.3, -0.25) is 10.1 Å². The zero-order chi connectivity index (χ0) is 23.2. The molecule has 0 N–H and O–H groups in total. The number of nitriles is 1. The fraction of sp³-hybridized carbons (Fsp3) is 0.333. The van der Waals surface area contributed by atoms with Crippen molar-refractivity contribution < 1.29 is 32.4 Å². The Morgan fingerprint density at radius 3 is 2.16 bits per heavy atom. The lowest BCUT2D eigenvalue weighted by atomic mass is 9.92. The molecule has 0 aliphatic carbocycles. The van der Waals surface area contributed by atoms with Crippen LogP contribution in [-0.2, 0) is 19.9 Å². The van der Waals surface area contributed by atoms with E-state index in [0.717, 1.165) is 12.1 Å². The number of nitrogens with zero attached hydrogens (tertiary/aromatic N) is 2. The standard InChI is InChI=1S/C21H19F3N2O5/c1-3-17(26(28)29)18(15-11-9-14(13-25)10-12-15)31-19(27)20(30-2,21(22,23)24)16-7-5-4-6-8-16/h4-12,17-18H,3H2,1-2H3/t17-,18+,20-/m0/s1. The molecule has 164 valence electrons. The number of rotatable bonds is 8. The number of hydrogen-bond donors (Lipinski definition) is 0. The molecule has 7 nitrogen and oxygen atoms in total. The number of hydrogen-bond acceptors (Lipinski definition) is 6. The van der Waals surface area contributed by atoms with Gasteiger partial charge in [0.15, 0.2) is 6.10 Å². The molecule has 2 rings (SSSR count). The minimum atomic E-state index is -5.22. The van der Waals surface area contributed by atoms with Gasteiger partial charge in [0.1, 0.15) is 0 Å². The number of carbonyl (C=O) groups excluding carboxylic acids is 1. The van der Waals surface area contributed by atoms with Crippen LogP contribution in [0.25, 0.3) is 0 Å². The van der Waals surface area contributed by atoms with Crippen molar-refractivity contribution in [3.63, 3.8) is 0 Å². The number of ether oxygens (including phenoxy) is 2. The first kappa shape index (κ1) is 23.8. The first-order valence-corrected chi connectivity index (χ1v) is 9.14.